The standard InChI is InChI=1S/C16H26F2N2O/c1-3-19-15(14-6-4-13(2)5-7-14)8-9-20(10-11-21)12-16(17)18/h4-7,15-16,19,21H,3,8-12H2,1-2H3. The topological polar surface area (TPSA) is 35.5 Å². The van der Waals surface area contributed by atoms with E-state index in [9.17, 15) is 8.78 Å². The van der Waals surface area contributed by atoms with Gasteiger partial charge in [-0.2, -0.15) is 0 Å². The maximum absolute atomic E-state index is 12.5. The fraction of sp³-hybridized carbons (Fsp3) is 0.625. The number of aliphatic hydroxyl groups is 1. The first-order valence-electron chi connectivity index (χ1n) is 7.48. The van der Waals surface area contributed by atoms with Gasteiger partial charge in [-0.15, -0.1) is 0 Å². The van der Waals surface area contributed by atoms with Crippen molar-refractivity contribution in [2.45, 2.75) is 32.7 Å². The minimum absolute atomic E-state index is 0.0941. The highest BCUT2D eigenvalue weighted by Crippen LogP contribution is 2.18. The molecule has 0 saturated heterocycles. The fourth-order valence-corrected chi connectivity index (χ4v) is 2.37. The molecule has 0 aliphatic heterocycles. The van der Waals surface area contributed by atoms with Crippen LogP contribution in [0, 0.1) is 6.92 Å². The van der Waals surface area contributed by atoms with Crippen LogP contribution >= 0.6 is 0 Å². The lowest BCUT2D eigenvalue weighted by molar-refractivity contribution is 0.0762. The maximum atomic E-state index is 12.5. The average molecular weight is 300 g/mol. The van der Waals surface area contributed by atoms with Gasteiger partial charge in [0.05, 0.1) is 13.2 Å². The van der Waals surface area contributed by atoms with Crippen LogP contribution < -0.4 is 5.32 Å². The molecule has 21 heavy (non-hydrogen) atoms. The Bertz CT molecular complexity index is 384. The third-order valence-electron chi connectivity index (χ3n) is 3.48. The van der Waals surface area contributed by atoms with Crippen LogP contribution in [-0.2, 0) is 0 Å². The van der Waals surface area contributed by atoms with Crippen LogP contribution in [0.3, 0.4) is 0 Å². The molecule has 1 aromatic rings. The summed E-state index contributed by atoms with van der Waals surface area (Å²) in [4.78, 5) is 1.61. The van der Waals surface area contributed by atoms with Gasteiger partial charge in [-0.1, -0.05) is 36.8 Å². The Morgan fingerprint density at radius 2 is 1.86 bits per heavy atom. The van der Waals surface area contributed by atoms with Crippen LogP contribution in [0.25, 0.3) is 0 Å². The highest BCUT2D eigenvalue weighted by atomic mass is 19.3. The van der Waals surface area contributed by atoms with Gasteiger partial charge in [0.2, 0.25) is 0 Å². The molecule has 0 radical (unpaired) electrons. The van der Waals surface area contributed by atoms with Crippen molar-refractivity contribution in [1.82, 2.24) is 10.2 Å². The zero-order valence-corrected chi connectivity index (χ0v) is 12.9. The third-order valence-corrected chi connectivity index (χ3v) is 3.48. The molecule has 0 saturated carbocycles. The highest BCUT2D eigenvalue weighted by Gasteiger charge is 2.15. The Hall–Kier alpha value is -1.04. The van der Waals surface area contributed by atoms with E-state index >= 15 is 0 Å². The van der Waals surface area contributed by atoms with Crippen LogP contribution in [0.4, 0.5) is 8.78 Å². The molecule has 0 heterocycles. The second-order valence-corrected chi connectivity index (χ2v) is 5.22. The second kappa shape index (κ2) is 9.82. The van der Waals surface area contributed by atoms with Crippen LogP contribution in [-0.4, -0.2) is 49.2 Å². The van der Waals surface area contributed by atoms with Crippen molar-refractivity contribution in [3.05, 3.63) is 35.4 Å². The molecule has 0 spiro atoms. The Morgan fingerprint density at radius 3 is 2.38 bits per heavy atom. The number of nitrogens with one attached hydrogen (secondary N) is 1. The molecule has 0 aliphatic rings. The van der Waals surface area contributed by atoms with Gasteiger partial charge in [-0.25, -0.2) is 8.78 Å². The summed E-state index contributed by atoms with van der Waals surface area (Å²) in [6.07, 6.45) is -1.63. The molecule has 1 aromatic carbocycles. The normalized spacial score (nSPS) is 13.1. The number of nitrogens with zero attached hydrogens (tertiary/aromatic N) is 1. The Morgan fingerprint density at radius 1 is 1.19 bits per heavy atom. The van der Waals surface area contributed by atoms with Crippen molar-refractivity contribution >= 4 is 0 Å². The summed E-state index contributed by atoms with van der Waals surface area (Å²) >= 11 is 0. The van der Waals surface area contributed by atoms with Gasteiger partial charge in [0.25, 0.3) is 6.43 Å². The van der Waals surface area contributed by atoms with E-state index in [-0.39, 0.29) is 25.7 Å². The molecule has 3 nitrogen and oxygen atoms in total. The first-order valence-corrected chi connectivity index (χ1v) is 7.48. The van der Waals surface area contributed by atoms with Gasteiger partial charge >= 0.3 is 0 Å². The van der Waals surface area contributed by atoms with E-state index < -0.39 is 6.43 Å². The number of aryl methyl sites for hydroxylation is 1. The number of rotatable bonds is 10. The molecule has 2 N–H and O–H groups in total. The van der Waals surface area contributed by atoms with Gasteiger partial charge in [-0.3, -0.25) is 4.90 Å². The summed E-state index contributed by atoms with van der Waals surface area (Å²) in [7, 11) is 0. The summed E-state index contributed by atoms with van der Waals surface area (Å²) < 4.78 is 25.0. The molecular formula is C16H26F2N2O. The van der Waals surface area contributed by atoms with Gasteiger partial charge in [-0.05, 0) is 25.5 Å². The zero-order chi connectivity index (χ0) is 15.7. The van der Waals surface area contributed by atoms with Crippen molar-refractivity contribution in [2.24, 2.45) is 0 Å². The van der Waals surface area contributed by atoms with E-state index in [0.717, 1.165) is 13.0 Å². The average Bonchev–Trinajstić information content (AvgIpc) is 2.44. The lowest BCUT2D eigenvalue weighted by atomic mass is 10.0. The maximum Gasteiger partial charge on any atom is 0.251 e. The molecule has 1 rings (SSSR count). The van der Waals surface area contributed by atoms with Crippen molar-refractivity contribution in [1.29, 1.82) is 0 Å². The zero-order valence-electron chi connectivity index (χ0n) is 12.9. The summed E-state index contributed by atoms with van der Waals surface area (Å²) in [5, 5.41) is 12.4. The van der Waals surface area contributed by atoms with E-state index in [1.54, 1.807) is 4.90 Å². The van der Waals surface area contributed by atoms with Crippen molar-refractivity contribution < 1.29 is 13.9 Å². The minimum Gasteiger partial charge on any atom is -0.395 e. The Labute approximate surface area is 126 Å². The summed E-state index contributed by atoms with van der Waals surface area (Å²) in [5.41, 5.74) is 2.37. The molecule has 5 heteroatoms. The van der Waals surface area contributed by atoms with Gasteiger partial charge < -0.3 is 10.4 Å². The van der Waals surface area contributed by atoms with E-state index in [0.29, 0.717) is 6.54 Å². The van der Waals surface area contributed by atoms with Crippen LogP contribution in [0.1, 0.15) is 30.5 Å². The quantitative estimate of drug-likeness (QED) is 0.697. The molecule has 0 aliphatic carbocycles. The lowest BCUT2D eigenvalue weighted by Gasteiger charge is -2.25. The molecule has 0 bridgehead atoms. The van der Waals surface area contributed by atoms with E-state index in [4.69, 9.17) is 5.11 Å². The first kappa shape index (κ1) is 18.0. The van der Waals surface area contributed by atoms with Crippen LogP contribution in [0.5, 0.6) is 0 Å². The molecule has 120 valence electrons. The van der Waals surface area contributed by atoms with Gasteiger partial charge in [0, 0.05) is 19.1 Å². The van der Waals surface area contributed by atoms with E-state index in [2.05, 4.69) is 29.6 Å². The number of halogens is 2. The number of aliphatic hydroxyl groups excluding tert-OH is 1. The summed E-state index contributed by atoms with van der Waals surface area (Å²) in [6, 6.07) is 8.42. The SMILES string of the molecule is CCNC(CCN(CCO)CC(F)F)c1ccc(C)cc1. The number of hydrogen-bond acceptors (Lipinski definition) is 3. The largest absolute Gasteiger partial charge is 0.395 e. The fourth-order valence-electron chi connectivity index (χ4n) is 2.37. The lowest BCUT2D eigenvalue weighted by Crippen LogP contribution is -2.35. The Balaban J connectivity index is 2.62. The summed E-state index contributed by atoms with van der Waals surface area (Å²) in [6.45, 7) is 5.35. The third kappa shape index (κ3) is 6.98. The van der Waals surface area contributed by atoms with Crippen LogP contribution in [0.2, 0.25) is 0 Å². The number of benzene rings is 1. The number of hydrogen-bond donors (Lipinski definition) is 2. The predicted octanol–water partition coefficient (Wildman–Crippen LogP) is 2.60. The molecule has 1 atom stereocenters. The van der Waals surface area contributed by atoms with Gasteiger partial charge in [0.15, 0.2) is 0 Å². The summed E-state index contributed by atoms with van der Waals surface area (Å²) in [5.74, 6) is 0. The monoisotopic (exact) mass is 300 g/mol. The van der Waals surface area contributed by atoms with E-state index in [1.165, 1.54) is 11.1 Å². The molecular weight excluding hydrogens is 274 g/mol. The van der Waals surface area contributed by atoms with Gasteiger partial charge in [0.1, 0.15) is 0 Å². The first-order chi connectivity index (χ1) is 10.1. The van der Waals surface area contributed by atoms with Crippen molar-refractivity contribution in [3.63, 3.8) is 0 Å². The van der Waals surface area contributed by atoms with Crippen molar-refractivity contribution in [3.8, 4) is 0 Å². The molecule has 0 amide bonds. The highest BCUT2D eigenvalue weighted by molar-refractivity contribution is 5.24. The second-order valence-electron chi connectivity index (χ2n) is 5.22. The van der Waals surface area contributed by atoms with E-state index in [1.807, 2.05) is 13.8 Å². The molecule has 1 unspecified atom stereocenters. The molecule has 0 fully saturated rings. The Kier molecular flexibility index (Phi) is 8.42. The number of alkyl halides is 2. The van der Waals surface area contributed by atoms with Crippen molar-refractivity contribution in [2.75, 3.05) is 32.8 Å². The smallest absolute Gasteiger partial charge is 0.251 e. The molecule has 0 aromatic heterocycles. The van der Waals surface area contributed by atoms with Crippen LogP contribution in [0.15, 0.2) is 24.3 Å². The minimum atomic E-state index is -2.37. The predicted molar refractivity (Wildman–Crippen MR) is 81.7 cm³/mol.